The summed E-state index contributed by atoms with van der Waals surface area (Å²) in [5.74, 6) is 0. The molecule has 10 heavy (non-hydrogen) atoms. The Morgan fingerprint density at radius 1 is 1.20 bits per heavy atom. The Bertz CT molecular complexity index is 401. The number of hydrogen-bond donors (Lipinski definition) is 2. The maximum absolute atomic E-state index is 4.91. The fourth-order valence-corrected chi connectivity index (χ4v) is 0.992. The van der Waals surface area contributed by atoms with Crippen molar-refractivity contribution in [1.82, 2.24) is 19.9 Å². The molecule has 0 unspecified atom stereocenters. The summed E-state index contributed by atoms with van der Waals surface area (Å²) in [5, 5.41) is 0. The third kappa shape index (κ3) is 0.640. The molecule has 0 fully saturated rings. The smallest absolute Gasteiger partial charge is 0.159 e. The molecule has 0 saturated carbocycles. The Labute approximate surface area is 61.3 Å². The second-order valence-electron chi connectivity index (χ2n) is 1.83. The van der Waals surface area contributed by atoms with Crippen molar-refractivity contribution in [1.29, 1.82) is 0 Å². The second-order valence-corrected chi connectivity index (χ2v) is 2.22. The number of hydrogen-bond acceptors (Lipinski definition) is 3. The van der Waals surface area contributed by atoms with Crippen LogP contribution in [-0.4, -0.2) is 19.9 Å². The van der Waals surface area contributed by atoms with Crippen LogP contribution in [0.15, 0.2) is 12.7 Å². The lowest BCUT2D eigenvalue weighted by Gasteiger charge is -1.84. The zero-order valence-corrected chi connectivity index (χ0v) is 5.77. The lowest BCUT2D eigenvalue weighted by Crippen LogP contribution is -1.80. The number of rotatable bonds is 0. The quantitative estimate of drug-likeness (QED) is 0.558. The van der Waals surface area contributed by atoms with Crippen LogP contribution in [-0.2, 0) is 0 Å². The summed E-state index contributed by atoms with van der Waals surface area (Å²) in [5.41, 5.74) is 1.54. The Balaban J connectivity index is 3.09. The summed E-state index contributed by atoms with van der Waals surface area (Å²) >= 11 is 4.91. The van der Waals surface area contributed by atoms with Gasteiger partial charge < -0.3 is 9.97 Å². The summed E-state index contributed by atoms with van der Waals surface area (Å²) in [7, 11) is 0. The number of nitrogens with zero attached hydrogens (tertiary/aromatic N) is 2. The normalized spacial score (nSPS) is 10.4. The monoisotopic (exact) mass is 155 g/mol. The van der Waals surface area contributed by atoms with Crippen molar-refractivity contribution in [2.45, 2.75) is 0 Å². The van der Waals surface area contributed by atoms with Gasteiger partial charge in [0.15, 0.2) is 10.3 Å². The third-order valence-electron chi connectivity index (χ3n) is 1.24. The average Bonchev–Trinajstić information content (AvgIpc) is 2.36. The van der Waals surface area contributed by atoms with Gasteiger partial charge in [-0.1, -0.05) is 12.2 Å². The molecule has 0 bridgehead atoms. The molecule has 0 aliphatic heterocycles. The average molecular weight is 155 g/mol. The van der Waals surface area contributed by atoms with Gasteiger partial charge in [-0.05, 0) is 0 Å². The lowest BCUT2D eigenvalue weighted by atomic mass is 10.6. The Morgan fingerprint density at radius 3 is 2.80 bits per heavy atom. The van der Waals surface area contributed by atoms with Crippen LogP contribution < -0.4 is 0 Å². The van der Waals surface area contributed by atoms with Gasteiger partial charge in [0.1, 0.15) is 5.52 Å². The van der Waals surface area contributed by atoms with E-state index in [2.05, 4.69) is 19.9 Å². The maximum atomic E-state index is 4.91. The van der Waals surface area contributed by atoms with Crippen molar-refractivity contribution < 1.29 is 0 Å². The lowest BCUT2D eigenvalue weighted by molar-refractivity contribution is 1.18. The first-order valence-corrected chi connectivity index (χ1v) is 3.15. The van der Waals surface area contributed by atoms with Gasteiger partial charge in [-0.25, -0.2) is 9.97 Å². The number of imidazole rings is 1. The van der Waals surface area contributed by atoms with Gasteiger partial charge in [-0.2, -0.15) is 0 Å². The number of H-pyrrole nitrogens is 2. The molecule has 2 aromatic rings. The highest BCUT2D eigenvalue weighted by Gasteiger charge is 1.94. The minimum atomic E-state index is 0.547. The van der Waals surface area contributed by atoms with Crippen LogP contribution in [0.5, 0.6) is 0 Å². The number of aromatic nitrogens is 4. The van der Waals surface area contributed by atoms with Crippen molar-refractivity contribution in [2.24, 2.45) is 0 Å². The minimum absolute atomic E-state index is 0.547. The van der Waals surface area contributed by atoms with Crippen molar-refractivity contribution >= 4 is 23.4 Å². The summed E-state index contributed by atoms with van der Waals surface area (Å²) in [4.78, 5) is 13.6. The van der Waals surface area contributed by atoms with Crippen molar-refractivity contribution in [3.63, 3.8) is 0 Å². The molecule has 0 atom stereocenters. The van der Waals surface area contributed by atoms with Gasteiger partial charge in [0.05, 0.1) is 12.7 Å². The van der Waals surface area contributed by atoms with E-state index >= 15 is 0 Å². The van der Waals surface area contributed by atoms with Gasteiger partial charge in [-0.15, -0.1) is 0 Å². The van der Waals surface area contributed by atoms with Crippen LogP contribution in [0, 0.1) is 4.64 Å². The Hall–Kier alpha value is -1.23. The van der Waals surface area contributed by atoms with E-state index in [9.17, 15) is 0 Å². The Morgan fingerprint density at radius 2 is 2.00 bits per heavy atom. The first-order valence-electron chi connectivity index (χ1n) is 2.75. The minimum Gasteiger partial charge on any atom is -0.341 e. The van der Waals surface area contributed by atoms with Crippen LogP contribution >= 0.6 is 12.2 Å². The van der Waals surface area contributed by atoms with E-state index in [0.29, 0.717) is 4.64 Å². The maximum Gasteiger partial charge on any atom is 0.159 e. The van der Waals surface area contributed by atoms with Gasteiger partial charge in [0.25, 0.3) is 0 Å². The number of aromatic amines is 2. The molecule has 0 aliphatic carbocycles. The molecule has 5 heteroatoms. The summed E-state index contributed by atoms with van der Waals surface area (Å²) in [6.07, 6.45) is 3.12. The van der Waals surface area contributed by atoms with Crippen molar-refractivity contribution in [2.75, 3.05) is 0 Å². The molecule has 0 spiro atoms. The van der Waals surface area contributed by atoms with E-state index in [4.69, 9.17) is 12.2 Å². The summed E-state index contributed by atoms with van der Waals surface area (Å²) in [6.45, 7) is 0. The number of nitrogens with one attached hydrogen (secondary N) is 2. The van der Waals surface area contributed by atoms with Crippen LogP contribution in [0.4, 0.5) is 0 Å². The highest BCUT2D eigenvalue weighted by atomic mass is 35.0. The molecule has 2 N–H and O–H groups in total. The van der Waals surface area contributed by atoms with Crippen LogP contribution in [0.1, 0.15) is 0 Å². The SMILES string of the molecule is [35S]=c1nc[nH]c2nc[nH]c12. The molecule has 0 aromatic carbocycles. The first-order chi connectivity index (χ1) is 4.88. The van der Waals surface area contributed by atoms with Crippen molar-refractivity contribution in [3.05, 3.63) is 17.3 Å². The molecule has 50 valence electrons. The largest absolute Gasteiger partial charge is 0.341 e. The zero-order chi connectivity index (χ0) is 6.97. The first kappa shape index (κ1) is 5.55. The predicted molar refractivity (Wildman–Crippen MR) is 39.1 cm³/mol. The molecule has 0 saturated heterocycles. The van der Waals surface area contributed by atoms with Crippen molar-refractivity contribution in [3.8, 4) is 0 Å². The number of fused-ring (bicyclic) bond motifs is 1. The predicted octanol–water partition coefficient (Wildman–Crippen LogP) is 1.02. The molecule has 2 rings (SSSR count). The van der Waals surface area contributed by atoms with E-state index in [1.807, 2.05) is 0 Å². The van der Waals surface area contributed by atoms with Crippen LogP contribution in [0.3, 0.4) is 0 Å². The van der Waals surface area contributed by atoms with Crippen LogP contribution in [0.2, 0.25) is 0 Å². The highest BCUT2D eigenvalue weighted by molar-refractivity contribution is 7.71. The fraction of sp³-hybridized carbons (Fsp3) is 0. The van der Waals surface area contributed by atoms with Gasteiger partial charge in [0.2, 0.25) is 0 Å². The molecule has 0 aliphatic rings. The summed E-state index contributed by atoms with van der Waals surface area (Å²) < 4.78 is 0.547. The molecule has 0 radical (unpaired) electrons. The van der Waals surface area contributed by atoms with E-state index in [1.54, 1.807) is 6.33 Å². The van der Waals surface area contributed by atoms with Crippen LogP contribution in [0.25, 0.3) is 11.2 Å². The zero-order valence-electron chi connectivity index (χ0n) is 4.96. The van der Waals surface area contributed by atoms with E-state index < -0.39 is 0 Å². The van der Waals surface area contributed by atoms with Gasteiger partial charge in [0, 0.05) is 0 Å². The van der Waals surface area contributed by atoms with Gasteiger partial charge >= 0.3 is 0 Å². The standard InChI is InChI=1S/C5H4N4S/c10-5-3-4(7-1-6-3)8-2-9-5/h1-2H,(H2,6,7,8,9,10)/i10+3. The molecule has 2 heterocycles. The molecule has 2 aromatic heterocycles. The second kappa shape index (κ2) is 1.88. The third-order valence-corrected chi connectivity index (χ3v) is 1.55. The van der Waals surface area contributed by atoms with E-state index in [1.165, 1.54) is 6.33 Å². The molecule has 4 nitrogen and oxygen atoms in total. The van der Waals surface area contributed by atoms with E-state index in [0.717, 1.165) is 11.2 Å². The summed E-state index contributed by atoms with van der Waals surface area (Å²) in [6, 6.07) is 0. The van der Waals surface area contributed by atoms with Gasteiger partial charge in [-0.3, -0.25) is 0 Å². The molecule has 0 amide bonds. The Kier molecular flexibility index (Phi) is 1.04. The highest BCUT2D eigenvalue weighted by Crippen LogP contribution is 2.02. The topological polar surface area (TPSA) is 57.4 Å². The fourth-order valence-electron chi connectivity index (χ4n) is 0.783. The molecular weight excluding hydrogens is 151 g/mol. The molecular formula is C5H4N4S. The van der Waals surface area contributed by atoms with E-state index in [-0.39, 0.29) is 0 Å².